The van der Waals surface area contributed by atoms with E-state index in [9.17, 15) is 4.79 Å². The number of esters is 1. The quantitative estimate of drug-likeness (QED) is 0.0963. The second-order valence-electron chi connectivity index (χ2n) is 10.6. The Balaban J connectivity index is 1.77. The first-order valence-corrected chi connectivity index (χ1v) is 15.1. The Morgan fingerprint density at radius 3 is 1.74 bits per heavy atom. The van der Waals surface area contributed by atoms with Gasteiger partial charge < -0.3 is 14.2 Å². The lowest BCUT2D eigenvalue weighted by Crippen LogP contribution is -2.16. The van der Waals surface area contributed by atoms with Crippen LogP contribution in [0.4, 0.5) is 0 Å². The zero-order chi connectivity index (χ0) is 24.5. The highest BCUT2D eigenvalue weighted by Crippen LogP contribution is 2.21. The van der Waals surface area contributed by atoms with Gasteiger partial charge in [0.15, 0.2) is 0 Å². The molecule has 1 saturated heterocycles. The highest BCUT2D eigenvalue weighted by Gasteiger charge is 2.26. The topological polar surface area (TPSA) is 44.8 Å². The second kappa shape index (κ2) is 24.1. The van der Waals surface area contributed by atoms with Crippen LogP contribution in [0.3, 0.4) is 0 Å². The summed E-state index contributed by atoms with van der Waals surface area (Å²) in [6.45, 7) is 7.14. The molecule has 1 heterocycles. The molecule has 4 heteroatoms. The van der Waals surface area contributed by atoms with E-state index in [0.29, 0.717) is 32.2 Å². The van der Waals surface area contributed by atoms with Gasteiger partial charge in [0.05, 0.1) is 25.9 Å². The van der Waals surface area contributed by atoms with Crippen molar-refractivity contribution in [3.05, 3.63) is 0 Å². The molecule has 202 valence electrons. The van der Waals surface area contributed by atoms with Crippen molar-refractivity contribution in [2.45, 2.75) is 155 Å². The van der Waals surface area contributed by atoms with Crippen molar-refractivity contribution >= 4 is 5.97 Å². The van der Waals surface area contributed by atoms with Gasteiger partial charge in [-0.05, 0) is 19.3 Å². The predicted octanol–water partition coefficient (Wildman–Crippen LogP) is 8.79. The van der Waals surface area contributed by atoms with E-state index in [4.69, 9.17) is 14.2 Å². The zero-order valence-corrected chi connectivity index (χ0v) is 23.0. The fourth-order valence-corrected chi connectivity index (χ4v) is 4.78. The van der Waals surface area contributed by atoms with Gasteiger partial charge in [-0.3, -0.25) is 4.79 Å². The molecule has 0 saturated carbocycles. The maximum Gasteiger partial charge on any atom is 0.305 e. The fraction of sp³-hybridized carbons (Fsp3) is 0.967. The van der Waals surface area contributed by atoms with Gasteiger partial charge in [0, 0.05) is 18.9 Å². The lowest BCUT2D eigenvalue weighted by Gasteiger charge is -2.11. The summed E-state index contributed by atoms with van der Waals surface area (Å²) in [7, 11) is 0. The number of hydrogen-bond acceptors (Lipinski definition) is 4. The summed E-state index contributed by atoms with van der Waals surface area (Å²) in [6, 6.07) is 0. The molecule has 1 fully saturated rings. The molecule has 0 unspecified atom stereocenters. The molecule has 1 rings (SSSR count). The third kappa shape index (κ3) is 19.7. The van der Waals surface area contributed by atoms with Crippen molar-refractivity contribution in [3.8, 4) is 0 Å². The van der Waals surface area contributed by atoms with Gasteiger partial charge in [0.2, 0.25) is 0 Å². The smallest absolute Gasteiger partial charge is 0.305 e. The molecule has 2 atom stereocenters. The van der Waals surface area contributed by atoms with Crippen LogP contribution in [0.1, 0.15) is 149 Å². The predicted molar refractivity (Wildman–Crippen MR) is 143 cm³/mol. The molecule has 0 N–H and O–H groups in total. The molecule has 34 heavy (non-hydrogen) atoms. The summed E-state index contributed by atoms with van der Waals surface area (Å²) in [4.78, 5) is 11.7. The van der Waals surface area contributed by atoms with Crippen LogP contribution in [0, 0.1) is 5.92 Å². The van der Waals surface area contributed by atoms with E-state index in [-0.39, 0.29) is 12.1 Å². The van der Waals surface area contributed by atoms with Crippen LogP contribution >= 0.6 is 0 Å². The fourth-order valence-electron chi connectivity index (χ4n) is 4.78. The van der Waals surface area contributed by atoms with Gasteiger partial charge in [0.25, 0.3) is 0 Å². The van der Waals surface area contributed by atoms with E-state index in [1.807, 2.05) is 0 Å². The summed E-state index contributed by atoms with van der Waals surface area (Å²) >= 11 is 0. The van der Waals surface area contributed by atoms with Crippen LogP contribution in [-0.4, -0.2) is 38.5 Å². The molecular weight excluding hydrogens is 424 g/mol. The highest BCUT2D eigenvalue weighted by molar-refractivity contribution is 5.69. The lowest BCUT2D eigenvalue weighted by atomic mass is 10.0. The standard InChI is InChI=1S/C30H58O4/c1-3-5-7-8-9-10-11-12-13-14-15-16-17-18-19-21-23-32-27-29-24-28(25-33-29)26-34-30(31)22-20-6-4-2/h28-29H,3-27H2,1-2H3/t28-,29+/m1/s1. The minimum atomic E-state index is -0.0587. The first-order chi connectivity index (χ1) is 16.8. The molecule has 0 aliphatic carbocycles. The Morgan fingerprint density at radius 2 is 1.18 bits per heavy atom. The average Bonchev–Trinajstić information content (AvgIpc) is 3.30. The van der Waals surface area contributed by atoms with Gasteiger partial charge in [-0.15, -0.1) is 0 Å². The number of rotatable bonds is 25. The second-order valence-corrected chi connectivity index (χ2v) is 10.6. The SMILES string of the molecule is CCCCCCCCCCCCCCCCCCOC[C@@H]1C[C@@H](COC(=O)CCCCC)CO1. The Hall–Kier alpha value is -0.610. The zero-order valence-electron chi connectivity index (χ0n) is 23.0. The van der Waals surface area contributed by atoms with Crippen LogP contribution < -0.4 is 0 Å². The summed E-state index contributed by atoms with van der Waals surface area (Å²) < 4.78 is 17.1. The number of carbonyl (C=O) groups is 1. The largest absolute Gasteiger partial charge is 0.465 e. The van der Waals surface area contributed by atoms with Crippen molar-refractivity contribution in [2.24, 2.45) is 5.92 Å². The van der Waals surface area contributed by atoms with E-state index in [2.05, 4.69) is 13.8 Å². The van der Waals surface area contributed by atoms with E-state index in [1.165, 1.54) is 96.3 Å². The van der Waals surface area contributed by atoms with Crippen LogP contribution in [0.15, 0.2) is 0 Å². The molecule has 0 aromatic heterocycles. The number of ether oxygens (including phenoxy) is 3. The van der Waals surface area contributed by atoms with Gasteiger partial charge in [-0.25, -0.2) is 0 Å². The molecule has 4 nitrogen and oxygen atoms in total. The van der Waals surface area contributed by atoms with Crippen molar-refractivity contribution in [2.75, 3.05) is 26.4 Å². The molecule has 0 radical (unpaired) electrons. The number of hydrogen-bond donors (Lipinski definition) is 0. The Bertz CT molecular complexity index is 440. The van der Waals surface area contributed by atoms with Gasteiger partial charge in [0.1, 0.15) is 0 Å². The highest BCUT2D eigenvalue weighted by atomic mass is 16.5. The Labute approximate surface area is 212 Å². The van der Waals surface area contributed by atoms with Crippen molar-refractivity contribution in [3.63, 3.8) is 0 Å². The van der Waals surface area contributed by atoms with Crippen LogP contribution in [0.25, 0.3) is 0 Å². The van der Waals surface area contributed by atoms with Crippen molar-refractivity contribution < 1.29 is 19.0 Å². The molecule has 0 bridgehead atoms. The van der Waals surface area contributed by atoms with E-state index in [0.717, 1.165) is 38.7 Å². The summed E-state index contributed by atoms with van der Waals surface area (Å²) in [5, 5.41) is 0. The van der Waals surface area contributed by atoms with E-state index < -0.39 is 0 Å². The van der Waals surface area contributed by atoms with Gasteiger partial charge in [-0.1, -0.05) is 123 Å². The Kier molecular flexibility index (Phi) is 22.3. The number of unbranched alkanes of at least 4 members (excludes halogenated alkanes) is 17. The third-order valence-electron chi connectivity index (χ3n) is 7.07. The van der Waals surface area contributed by atoms with E-state index >= 15 is 0 Å². The van der Waals surface area contributed by atoms with Crippen LogP contribution in [-0.2, 0) is 19.0 Å². The van der Waals surface area contributed by atoms with Crippen LogP contribution in [0.2, 0.25) is 0 Å². The maximum atomic E-state index is 11.7. The summed E-state index contributed by atoms with van der Waals surface area (Å²) in [6.07, 6.45) is 27.1. The first-order valence-electron chi connectivity index (χ1n) is 15.1. The average molecular weight is 483 g/mol. The molecule has 0 amide bonds. The van der Waals surface area contributed by atoms with Crippen molar-refractivity contribution in [1.82, 2.24) is 0 Å². The van der Waals surface area contributed by atoms with E-state index in [1.54, 1.807) is 0 Å². The number of carbonyl (C=O) groups excluding carboxylic acids is 1. The van der Waals surface area contributed by atoms with Gasteiger partial charge in [-0.2, -0.15) is 0 Å². The molecule has 1 aliphatic rings. The first kappa shape index (κ1) is 31.4. The Morgan fingerprint density at radius 1 is 0.676 bits per heavy atom. The third-order valence-corrected chi connectivity index (χ3v) is 7.07. The minimum absolute atomic E-state index is 0.0587. The van der Waals surface area contributed by atoms with Gasteiger partial charge >= 0.3 is 5.97 Å². The molecular formula is C30H58O4. The lowest BCUT2D eigenvalue weighted by molar-refractivity contribution is -0.145. The molecule has 0 aromatic carbocycles. The van der Waals surface area contributed by atoms with Crippen molar-refractivity contribution in [1.29, 1.82) is 0 Å². The molecule has 1 aliphatic heterocycles. The van der Waals surface area contributed by atoms with Crippen LogP contribution in [0.5, 0.6) is 0 Å². The monoisotopic (exact) mass is 482 g/mol. The maximum absolute atomic E-state index is 11.7. The normalized spacial score (nSPS) is 17.9. The summed E-state index contributed by atoms with van der Waals surface area (Å²) in [5.41, 5.74) is 0. The minimum Gasteiger partial charge on any atom is -0.465 e. The summed E-state index contributed by atoms with van der Waals surface area (Å²) in [5.74, 6) is 0.274. The molecule has 0 spiro atoms. The molecule has 0 aromatic rings.